The Balaban J connectivity index is 1.81. The number of fused-ring (bicyclic) bond motifs is 1. The molecular formula is C24H27F3N4O4S. The van der Waals surface area contributed by atoms with Crippen LogP contribution in [0.5, 0.6) is 0 Å². The Hall–Kier alpha value is -2.99. The fraction of sp³-hybridized carbons (Fsp3) is 0.458. The number of benzene rings is 1. The number of sulfone groups is 1. The van der Waals surface area contributed by atoms with Gasteiger partial charge in [0.1, 0.15) is 33.4 Å². The van der Waals surface area contributed by atoms with Crippen molar-refractivity contribution in [3.05, 3.63) is 63.5 Å². The van der Waals surface area contributed by atoms with Crippen molar-refractivity contribution in [1.29, 1.82) is 0 Å². The van der Waals surface area contributed by atoms with Crippen molar-refractivity contribution >= 4 is 26.7 Å². The fourth-order valence-corrected chi connectivity index (χ4v) is 6.05. The van der Waals surface area contributed by atoms with Gasteiger partial charge in [-0.3, -0.25) is 9.36 Å². The zero-order chi connectivity index (χ0) is 26.4. The number of nitrogens with one attached hydrogen (secondary N) is 1. The SMILES string of the molecule is CO[C@]1(c2cc3c(N[C@H](C)c4cccc(C(F)F)c4F)ncnc3n(C)c2=O)CCC(S(C)(=O)=O)C1. The third kappa shape index (κ3) is 4.47. The summed E-state index contributed by atoms with van der Waals surface area (Å²) in [5.74, 6) is -0.745. The fourth-order valence-electron chi connectivity index (χ4n) is 4.94. The topological polar surface area (TPSA) is 103 Å². The number of aromatic nitrogens is 3. The molecule has 1 N–H and O–H groups in total. The van der Waals surface area contributed by atoms with E-state index < -0.39 is 44.5 Å². The van der Waals surface area contributed by atoms with Gasteiger partial charge in [-0.15, -0.1) is 0 Å². The van der Waals surface area contributed by atoms with Crippen LogP contribution >= 0.6 is 0 Å². The van der Waals surface area contributed by atoms with Gasteiger partial charge in [-0.2, -0.15) is 0 Å². The number of alkyl halides is 2. The first-order chi connectivity index (χ1) is 16.9. The lowest BCUT2D eigenvalue weighted by Crippen LogP contribution is -2.36. The molecule has 0 spiro atoms. The molecule has 0 bridgehead atoms. The van der Waals surface area contributed by atoms with Crippen LogP contribution in [0.3, 0.4) is 0 Å². The van der Waals surface area contributed by atoms with Crippen molar-refractivity contribution in [2.75, 3.05) is 18.7 Å². The first kappa shape index (κ1) is 26.1. The van der Waals surface area contributed by atoms with E-state index >= 15 is 0 Å². The summed E-state index contributed by atoms with van der Waals surface area (Å²) in [6.07, 6.45) is 0.260. The molecule has 194 valence electrons. The lowest BCUT2D eigenvalue weighted by molar-refractivity contribution is -0.00977. The summed E-state index contributed by atoms with van der Waals surface area (Å²) >= 11 is 0. The third-order valence-electron chi connectivity index (χ3n) is 7.03. The van der Waals surface area contributed by atoms with E-state index in [-0.39, 0.29) is 28.9 Å². The molecule has 1 unspecified atom stereocenters. The highest BCUT2D eigenvalue weighted by atomic mass is 32.2. The molecule has 1 aliphatic rings. The summed E-state index contributed by atoms with van der Waals surface area (Å²) in [6, 6.07) is 4.63. The zero-order valence-corrected chi connectivity index (χ0v) is 21.1. The number of methoxy groups -OCH3 is 1. The molecular weight excluding hydrogens is 497 g/mol. The van der Waals surface area contributed by atoms with E-state index in [9.17, 15) is 26.4 Å². The number of rotatable bonds is 7. The second-order valence-corrected chi connectivity index (χ2v) is 11.5. The summed E-state index contributed by atoms with van der Waals surface area (Å²) in [5.41, 5.74) is -1.60. The monoisotopic (exact) mass is 524 g/mol. The second kappa shape index (κ2) is 9.47. The number of hydrogen-bond donors (Lipinski definition) is 1. The molecule has 1 fully saturated rings. The molecule has 1 saturated carbocycles. The molecule has 0 saturated heterocycles. The van der Waals surface area contributed by atoms with Crippen molar-refractivity contribution in [3.63, 3.8) is 0 Å². The van der Waals surface area contributed by atoms with Gasteiger partial charge in [0.25, 0.3) is 12.0 Å². The largest absolute Gasteiger partial charge is 0.373 e. The number of aryl methyl sites for hydroxylation is 1. The molecule has 1 aromatic carbocycles. The third-order valence-corrected chi connectivity index (χ3v) is 8.65. The Labute approximate surface area is 206 Å². The van der Waals surface area contributed by atoms with E-state index in [1.807, 2.05) is 0 Å². The molecule has 0 aliphatic heterocycles. The van der Waals surface area contributed by atoms with Crippen LogP contribution in [0.25, 0.3) is 11.0 Å². The molecule has 36 heavy (non-hydrogen) atoms. The van der Waals surface area contributed by atoms with Gasteiger partial charge < -0.3 is 10.1 Å². The van der Waals surface area contributed by atoms with Crippen LogP contribution in [0.4, 0.5) is 19.0 Å². The molecule has 8 nitrogen and oxygen atoms in total. The number of halogens is 3. The number of anilines is 1. The first-order valence-electron chi connectivity index (χ1n) is 11.3. The minimum absolute atomic E-state index is 0.0322. The predicted octanol–water partition coefficient (Wildman–Crippen LogP) is 4.02. The van der Waals surface area contributed by atoms with Crippen LogP contribution in [-0.4, -0.2) is 41.6 Å². The molecule has 0 amide bonds. The van der Waals surface area contributed by atoms with Gasteiger partial charge in [-0.05, 0) is 32.3 Å². The summed E-state index contributed by atoms with van der Waals surface area (Å²) in [6.45, 7) is 1.61. The summed E-state index contributed by atoms with van der Waals surface area (Å²) in [7, 11) is -0.366. The van der Waals surface area contributed by atoms with Gasteiger partial charge in [0, 0.05) is 26.0 Å². The Bertz CT molecular complexity index is 1480. The molecule has 2 aromatic heterocycles. The highest BCUT2D eigenvalue weighted by Crippen LogP contribution is 2.43. The maximum Gasteiger partial charge on any atom is 0.266 e. The van der Waals surface area contributed by atoms with Crippen LogP contribution in [0.1, 0.15) is 55.3 Å². The second-order valence-electron chi connectivity index (χ2n) is 9.19. The number of ether oxygens (including phenoxy) is 1. The maximum atomic E-state index is 14.7. The Morgan fingerprint density at radius 1 is 1.25 bits per heavy atom. The van der Waals surface area contributed by atoms with E-state index in [0.717, 1.165) is 6.07 Å². The molecule has 3 aromatic rings. The maximum absolute atomic E-state index is 14.7. The highest BCUT2D eigenvalue weighted by Gasteiger charge is 2.46. The normalized spacial score (nSPS) is 21.3. The van der Waals surface area contributed by atoms with Gasteiger partial charge >= 0.3 is 0 Å². The van der Waals surface area contributed by atoms with E-state index in [4.69, 9.17) is 4.74 Å². The van der Waals surface area contributed by atoms with Crippen molar-refractivity contribution < 1.29 is 26.3 Å². The average Bonchev–Trinajstić information content (AvgIpc) is 3.28. The average molecular weight is 525 g/mol. The minimum atomic E-state index is -3.34. The number of pyridine rings is 1. The molecule has 4 rings (SSSR count). The summed E-state index contributed by atoms with van der Waals surface area (Å²) < 4.78 is 72.6. The first-order valence-corrected chi connectivity index (χ1v) is 13.3. The summed E-state index contributed by atoms with van der Waals surface area (Å²) in [4.78, 5) is 21.8. The van der Waals surface area contributed by atoms with Crippen LogP contribution in [-0.2, 0) is 27.2 Å². The lowest BCUT2D eigenvalue weighted by atomic mass is 9.92. The van der Waals surface area contributed by atoms with Crippen molar-refractivity contribution in [3.8, 4) is 0 Å². The van der Waals surface area contributed by atoms with Gasteiger partial charge in [-0.1, -0.05) is 18.2 Å². The van der Waals surface area contributed by atoms with E-state index in [2.05, 4.69) is 15.3 Å². The molecule has 2 heterocycles. The van der Waals surface area contributed by atoms with Gasteiger partial charge in [0.05, 0.1) is 33.4 Å². The molecule has 1 aliphatic carbocycles. The van der Waals surface area contributed by atoms with Crippen LogP contribution in [0, 0.1) is 5.82 Å². The van der Waals surface area contributed by atoms with E-state index in [0.29, 0.717) is 23.9 Å². The van der Waals surface area contributed by atoms with Crippen LogP contribution < -0.4 is 10.9 Å². The van der Waals surface area contributed by atoms with Crippen molar-refractivity contribution in [2.45, 2.75) is 49.5 Å². The van der Waals surface area contributed by atoms with E-state index in [1.165, 1.54) is 43.4 Å². The highest BCUT2D eigenvalue weighted by molar-refractivity contribution is 7.91. The standard InChI is InChI=1S/C24H27F3N4O4S/c1-13(15-6-5-7-16(19(15)25)20(26)27)30-21-17-10-18(23(32)31(2)22(17)29-12-28-21)24(35-3)9-8-14(11-24)36(4,33)34/h5-7,10,12-14,20H,8-9,11H2,1-4H3,(H,28,29,30)/t13-,14?,24-/m1/s1. The van der Waals surface area contributed by atoms with Gasteiger partial charge in [0.15, 0.2) is 0 Å². The minimum Gasteiger partial charge on any atom is -0.373 e. The van der Waals surface area contributed by atoms with Crippen molar-refractivity contribution in [2.24, 2.45) is 7.05 Å². The molecule has 12 heteroatoms. The zero-order valence-electron chi connectivity index (χ0n) is 20.3. The Morgan fingerprint density at radius 2 is 1.94 bits per heavy atom. The van der Waals surface area contributed by atoms with Crippen LogP contribution in [0.2, 0.25) is 0 Å². The quantitative estimate of drug-likeness (QED) is 0.498. The van der Waals surface area contributed by atoms with Crippen LogP contribution in [0.15, 0.2) is 35.4 Å². The predicted molar refractivity (Wildman–Crippen MR) is 129 cm³/mol. The summed E-state index contributed by atoms with van der Waals surface area (Å²) in [5, 5.41) is 2.82. The molecule has 3 atom stereocenters. The van der Waals surface area contributed by atoms with Gasteiger partial charge in [0.2, 0.25) is 0 Å². The Morgan fingerprint density at radius 3 is 2.56 bits per heavy atom. The molecule has 0 radical (unpaired) electrons. The van der Waals surface area contributed by atoms with E-state index in [1.54, 1.807) is 13.0 Å². The Kier molecular flexibility index (Phi) is 6.86. The van der Waals surface area contributed by atoms with Crippen molar-refractivity contribution in [1.82, 2.24) is 14.5 Å². The van der Waals surface area contributed by atoms with Gasteiger partial charge in [-0.25, -0.2) is 31.6 Å². The number of nitrogens with zero attached hydrogens (tertiary/aromatic N) is 3. The number of hydrogen-bond acceptors (Lipinski definition) is 7. The lowest BCUT2D eigenvalue weighted by Gasteiger charge is -2.28. The smallest absolute Gasteiger partial charge is 0.266 e.